The summed E-state index contributed by atoms with van der Waals surface area (Å²) in [7, 11) is 0. The number of carbonyl (C=O) groups excluding carboxylic acids is 2. The second-order valence-electron chi connectivity index (χ2n) is 8.48. The molecule has 7 heteroatoms. The maximum Gasteiger partial charge on any atom is 0.242 e. The van der Waals surface area contributed by atoms with Gasteiger partial charge in [-0.25, -0.2) is 4.39 Å². The minimum Gasteiger partial charge on any atom is -0.464 e. The molecular weight excluding hydrogens is 447 g/mol. The van der Waals surface area contributed by atoms with E-state index in [0.29, 0.717) is 28.5 Å². The summed E-state index contributed by atoms with van der Waals surface area (Å²) < 4.78 is 19.0. The molecule has 2 amide bonds. The van der Waals surface area contributed by atoms with E-state index in [4.69, 9.17) is 4.42 Å². The van der Waals surface area contributed by atoms with Gasteiger partial charge in [0.25, 0.3) is 0 Å². The Morgan fingerprint density at radius 3 is 2.46 bits per heavy atom. The molecule has 184 valence electrons. The molecule has 2 aromatic carbocycles. The van der Waals surface area contributed by atoms with Gasteiger partial charge in [-0.1, -0.05) is 50.1 Å². The minimum atomic E-state index is -0.378. The average Bonchev–Trinajstić information content (AvgIpc) is 2.86. The SMILES string of the molecule is C=CCN(CC(=O)N(Cc1ccc(F)cc1)Cc1coc2ccccc2c1=O)C(=O)CCCCC. The largest absolute Gasteiger partial charge is 0.464 e. The van der Waals surface area contributed by atoms with Crippen LogP contribution in [-0.2, 0) is 22.7 Å². The molecule has 0 aliphatic heterocycles. The zero-order valence-electron chi connectivity index (χ0n) is 20.0. The van der Waals surface area contributed by atoms with Gasteiger partial charge in [0.2, 0.25) is 11.8 Å². The van der Waals surface area contributed by atoms with Gasteiger partial charge < -0.3 is 14.2 Å². The zero-order valence-corrected chi connectivity index (χ0v) is 20.0. The monoisotopic (exact) mass is 478 g/mol. The van der Waals surface area contributed by atoms with Crippen molar-refractivity contribution in [3.8, 4) is 0 Å². The number of para-hydroxylation sites is 1. The highest BCUT2D eigenvalue weighted by Crippen LogP contribution is 2.15. The number of unbranched alkanes of at least 4 members (excludes halogenated alkanes) is 2. The smallest absolute Gasteiger partial charge is 0.242 e. The summed E-state index contributed by atoms with van der Waals surface area (Å²) in [6.07, 6.45) is 6.01. The fourth-order valence-electron chi connectivity index (χ4n) is 3.83. The molecule has 35 heavy (non-hydrogen) atoms. The standard InChI is InChI=1S/C28H31FN2O4/c1-3-5-6-11-26(32)30(16-4-2)19-27(33)31(17-21-12-14-23(29)15-13-21)18-22-20-35-25-10-8-7-9-24(25)28(22)34/h4,7-10,12-15,20H,2-3,5-6,11,16-19H2,1H3. The Morgan fingerprint density at radius 2 is 1.74 bits per heavy atom. The normalized spacial score (nSPS) is 10.8. The second kappa shape index (κ2) is 12.6. The van der Waals surface area contributed by atoms with Gasteiger partial charge in [0.1, 0.15) is 17.9 Å². The Balaban J connectivity index is 1.85. The van der Waals surface area contributed by atoms with Gasteiger partial charge >= 0.3 is 0 Å². The Bertz CT molecular complexity index is 1220. The highest BCUT2D eigenvalue weighted by molar-refractivity contribution is 5.85. The summed E-state index contributed by atoms with van der Waals surface area (Å²) >= 11 is 0. The first-order chi connectivity index (χ1) is 16.9. The van der Waals surface area contributed by atoms with Crippen LogP contribution in [0.3, 0.4) is 0 Å². The van der Waals surface area contributed by atoms with Crippen molar-refractivity contribution in [2.45, 2.75) is 45.7 Å². The summed E-state index contributed by atoms with van der Waals surface area (Å²) in [6, 6.07) is 12.7. The van der Waals surface area contributed by atoms with Crippen LogP contribution >= 0.6 is 0 Å². The van der Waals surface area contributed by atoms with E-state index in [1.54, 1.807) is 42.5 Å². The van der Waals surface area contributed by atoms with Crippen LogP contribution in [0.15, 0.2) is 76.7 Å². The third-order valence-electron chi connectivity index (χ3n) is 5.77. The van der Waals surface area contributed by atoms with E-state index >= 15 is 0 Å². The number of amides is 2. The van der Waals surface area contributed by atoms with Crippen LogP contribution in [0.5, 0.6) is 0 Å². The molecule has 0 saturated carbocycles. The third-order valence-corrected chi connectivity index (χ3v) is 5.77. The molecule has 1 aromatic heterocycles. The highest BCUT2D eigenvalue weighted by atomic mass is 19.1. The number of rotatable bonds is 12. The van der Waals surface area contributed by atoms with Gasteiger partial charge in [0.15, 0.2) is 5.43 Å². The van der Waals surface area contributed by atoms with Crippen LogP contribution in [0.4, 0.5) is 4.39 Å². The van der Waals surface area contributed by atoms with Crippen LogP contribution in [0.2, 0.25) is 0 Å². The molecule has 0 saturated heterocycles. The summed E-state index contributed by atoms with van der Waals surface area (Å²) in [5.74, 6) is -0.817. The van der Waals surface area contributed by atoms with Crippen LogP contribution < -0.4 is 5.43 Å². The van der Waals surface area contributed by atoms with Crippen molar-refractivity contribution in [1.82, 2.24) is 9.80 Å². The van der Waals surface area contributed by atoms with Gasteiger partial charge in [-0.15, -0.1) is 6.58 Å². The van der Waals surface area contributed by atoms with Gasteiger partial charge in [0.05, 0.1) is 23.8 Å². The Morgan fingerprint density at radius 1 is 1.00 bits per heavy atom. The number of carbonyl (C=O) groups is 2. The van der Waals surface area contributed by atoms with E-state index in [1.807, 2.05) is 0 Å². The van der Waals surface area contributed by atoms with Crippen molar-refractivity contribution < 1.29 is 18.4 Å². The quantitative estimate of drug-likeness (QED) is 0.270. The van der Waals surface area contributed by atoms with Crippen molar-refractivity contribution in [3.63, 3.8) is 0 Å². The average molecular weight is 479 g/mol. The van der Waals surface area contributed by atoms with E-state index in [-0.39, 0.29) is 49.2 Å². The molecule has 3 aromatic rings. The number of benzene rings is 2. The molecule has 0 unspecified atom stereocenters. The lowest BCUT2D eigenvalue weighted by Gasteiger charge is -2.27. The van der Waals surface area contributed by atoms with Gasteiger partial charge in [-0.05, 0) is 36.2 Å². The summed E-state index contributed by atoms with van der Waals surface area (Å²) in [5, 5.41) is 0.429. The van der Waals surface area contributed by atoms with Crippen LogP contribution in [-0.4, -0.2) is 34.7 Å². The molecule has 0 bridgehead atoms. The molecule has 0 N–H and O–H groups in total. The maximum atomic E-state index is 13.4. The van der Waals surface area contributed by atoms with E-state index < -0.39 is 0 Å². The summed E-state index contributed by atoms with van der Waals surface area (Å²) in [6.45, 7) is 6.02. The number of hydrogen-bond donors (Lipinski definition) is 0. The zero-order chi connectivity index (χ0) is 25.2. The van der Waals surface area contributed by atoms with Crippen molar-refractivity contribution in [2.75, 3.05) is 13.1 Å². The first-order valence-corrected chi connectivity index (χ1v) is 11.8. The molecule has 0 aliphatic rings. The Kier molecular flexibility index (Phi) is 9.35. The fraction of sp³-hybridized carbons (Fsp3) is 0.321. The summed E-state index contributed by atoms with van der Waals surface area (Å²) in [4.78, 5) is 42.1. The molecule has 0 fully saturated rings. The highest BCUT2D eigenvalue weighted by Gasteiger charge is 2.22. The topological polar surface area (TPSA) is 70.8 Å². The number of halogens is 1. The lowest BCUT2D eigenvalue weighted by atomic mass is 10.1. The van der Waals surface area contributed by atoms with E-state index in [1.165, 1.54) is 28.2 Å². The Hall–Kier alpha value is -3.74. The first-order valence-electron chi connectivity index (χ1n) is 11.8. The lowest BCUT2D eigenvalue weighted by molar-refractivity contribution is -0.140. The van der Waals surface area contributed by atoms with Crippen molar-refractivity contribution in [3.05, 3.63) is 94.6 Å². The van der Waals surface area contributed by atoms with E-state index in [9.17, 15) is 18.8 Å². The number of hydrogen-bond acceptors (Lipinski definition) is 4. The predicted molar refractivity (Wildman–Crippen MR) is 134 cm³/mol. The van der Waals surface area contributed by atoms with Crippen molar-refractivity contribution in [1.29, 1.82) is 0 Å². The van der Waals surface area contributed by atoms with Crippen molar-refractivity contribution in [2.24, 2.45) is 0 Å². The second-order valence-corrected chi connectivity index (χ2v) is 8.48. The maximum absolute atomic E-state index is 13.4. The molecular formula is C28H31FN2O4. The summed E-state index contributed by atoms with van der Waals surface area (Å²) in [5.41, 5.74) is 1.27. The molecule has 0 spiro atoms. The molecule has 3 rings (SSSR count). The van der Waals surface area contributed by atoms with Crippen LogP contribution in [0, 0.1) is 5.82 Å². The van der Waals surface area contributed by atoms with Crippen LogP contribution in [0.1, 0.15) is 43.7 Å². The van der Waals surface area contributed by atoms with E-state index in [0.717, 1.165) is 19.3 Å². The molecule has 0 aliphatic carbocycles. The lowest BCUT2D eigenvalue weighted by Crippen LogP contribution is -2.43. The van der Waals surface area contributed by atoms with Gasteiger partial charge in [-0.3, -0.25) is 14.4 Å². The number of nitrogens with zero attached hydrogens (tertiary/aromatic N) is 2. The fourth-order valence-corrected chi connectivity index (χ4v) is 3.83. The molecule has 1 heterocycles. The number of fused-ring (bicyclic) bond motifs is 1. The van der Waals surface area contributed by atoms with Gasteiger partial charge in [-0.2, -0.15) is 0 Å². The molecule has 0 radical (unpaired) electrons. The third kappa shape index (κ3) is 7.12. The van der Waals surface area contributed by atoms with E-state index in [2.05, 4.69) is 13.5 Å². The minimum absolute atomic E-state index is 0.00463. The predicted octanol–water partition coefficient (Wildman–Crippen LogP) is 5.06. The molecule has 6 nitrogen and oxygen atoms in total. The first kappa shape index (κ1) is 25.9. The van der Waals surface area contributed by atoms with Crippen molar-refractivity contribution >= 4 is 22.8 Å². The van der Waals surface area contributed by atoms with Gasteiger partial charge in [0, 0.05) is 19.5 Å². The molecule has 0 atom stereocenters. The van der Waals surface area contributed by atoms with Crippen LogP contribution in [0.25, 0.3) is 11.0 Å². The Labute approximate surface area is 204 Å².